The van der Waals surface area contributed by atoms with Crippen molar-refractivity contribution >= 4 is 39.1 Å². The van der Waals surface area contributed by atoms with Crippen molar-refractivity contribution in [2.24, 2.45) is 0 Å². The van der Waals surface area contributed by atoms with E-state index in [9.17, 15) is 19.4 Å². The minimum atomic E-state index is -1.25. The van der Waals surface area contributed by atoms with E-state index in [1.54, 1.807) is 0 Å². The summed E-state index contributed by atoms with van der Waals surface area (Å²) < 4.78 is 26.7. The molecular formula is C26H22ClFN2O5S. The number of aliphatic hydroxyl groups is 1. The molecule has 10 heteroatoms. The Kier molecular flexibility index (Phi) is 5.64. The topological polar surface area (TPSA) is 106 Å². The van der Waals surface area contributed by atoms with Gasteiger partial charge in [0.2, 0.25) is 0 Å². The third kappa shape index (κ3) is 4.00. The van der Waals surface area contributed by atoms with Crippen LogP contribution in [0.1, 0.15) is 63.9 Å². The Bertz CT molecular complexity index is 1490. The number of hydrogen-bond acceptors (Lipinski definition) is 7. The second-order valence-corrected chi connectivity index (χ2v) is 11.0. The van der Waals surface area contributed by atoms with Gasteiger partial charge in [-0.25, -0.2) is 14.2 Å². The number of aryl methyl sites for hydroxylation is 1. The summed E-state index contributed by atoms with van der Waals surface area (Å²) in [5.41, 5.74) is 2.05. The van der Waals surface area contributed by atoms with Crippen molar-refractivity contribution in [1.29, 1.82) is 0 Å². The standard InChI is InChI=1S/C26H22ClFN2O5S/c1-12-3-2-4-17(27)20(12)21-16(23(35-30-21)13-5-6-13)11-34-15-9-26(33,10-15)25-29-22-18(28)7-14(24(31)32)8-19(22)36-25/h2-4,7-8,13,15,33H,5-6,9-11H2,1H3,(H,31,32)/t15-,26+. The lowest BCUT2D eigenvalue weighted by atomic mass is 9.78. The summed E-state index contributed by atoms with van der Waals surface area (Å²) in [5.74, 6) is -0.771. The number of fused-ring (bicyclic) bond motifs is 1. The summed E-state index contributed by atoms with van der Waals surface area (Å²) in [5, 5.41) is 25.6. The van der Waals surface area contributed by atoms with Gasteiger partial charge in [0.25, 0.3) is 0 Å². The number of benzene rings is 2. The number of carboxylic acid groups (broad SMARTS) is 1. The van der Waals surface area contributed by atoms with E-state index in [0.29, 0.717) is 39.2 Å². The number of aromatic nitrogens is 2. The van der Waals surface area contributed by atoms with Gasteiger partial charge in [0, 0.05) is 29.9 Å². The molecule has 2 N–H and O–H groups in total. The maximum Gasteiger partial charge on any atom is 0.335 e. The molecule has 0 spiro atoms. The first-order chi connectivity index (χ1) is 17.2. The Morgan fingerprint density at radius 3 is 2.81 bits per heavy atom. The Hall–Kier alpha value is -2.85. The summed E-state index contributed by atoms with van der Waals surface area (Å²) >= 11 is 7.60. The number of carboxylic acids is 1. The van der Waals surface area contributed by atoms with Crippen LogP contribution in [-0.4, -0.2) is 32.4 Å². The molecule has 0 radical (unpaired) electrons. The smallest absolute Gasteiger partial charge is 0.335 e. The van der Waals surface area contributed by atoms with Gasteiger partial charge in [0.15, 0.2) is 5.82 Å². The first kappa shape index (κ1) is 23.5. The van der Waals surface area contributed by atoms with Crippen LogP contribution in [-0.2, 0) is 16.9 Å². The van der Waals surface area contributed by atoms with Crippen LogP contribution in [0, 0.1) is 12.7 Å². The first-order valence-electron chi connectivity index (χ1n) is 11.7. The molecule has 2 fully saturated rings. The second kappa shape index (κ2) is 8.62. The van der Waals surface area contributed by atoms with E-state index in [-0.39, 0.29) is 23.8 Å². The van der Waals surface area contributed by atoms with E-state index < -0.39 is 17.4 Å². The lowest BCUT2D eigenvalue weighted by Gasteiger charge is -2.41. The SMILES string of the molecule is Cc1cccc(Cl)c1-c1noc(C2CC2)c1CO[C@H]1C[C@](O)(c2nc3c(F)cc(C(=O)O)cc3s2)C1. The molecule has 2 aliphatic carbocycles. The van der Waals surface area contributed by atoms with Gasteiger partial charge in [0.05, 0.1) is 28.0 Å². The molecule has 6 rings (SSSR count). The highest BCUT2D eigenvalue weighted by atomic mass is 35.5. The third-order valence-electron chi connectivity index (χ3n) is 6.91. The fourth-order valence-corrected chi connectivity index (χ4v) is 6.19. The van der Waals surface area contributed by atoms with E-state index in [0.717, 1.165) is 52.7 Å². The van der Waals surface area contributed by atoms with Gasteiger partial charge in [-0.2, -0.15) is 0 Å². The summed E-state index contributed by atoms with van der Waals surface area (Å²) in [6.07, 6.45) is 2.45. The summed E-state index contributed by atoms with van der Waals surface area (Å²) in [6.45, 7) is 2.25. The molecule has 36 heavy (non-hydrogen) atoms. The van der Waals surface area contributed by atoms with Crippen molar-refractivity contribution < 1.29 is 28.7 Å². The predicted octanol–water partition coefficient (Wildman–Crippen LogP) is 6.19. The van der Waals surface area contributed by atoms with Crippen molar-refractivity contribution in [3.05, 3.63) is 68.6 Å². The van der Waals surface area contributed by atoms with E-state index in [2.05, 4.69) is 10.1 Å². The number of nitrogens with zero attached hydrogens (tertiary/aromatic N) is 2. The first-order valence-corrected chi connectivity index (χ1v) is 12.8. The molecule has 0 amide bonds. The Labute approximate surface area is 214 Å². The minimum Gasteiger partial charge on any atom is -0.478 e. The van der Waals surface area contributed by atoms with Crippen LogP contribution in [0.3, 0.4) is 0 Å². The number of aromatic carboxylic acids is 1. The zero-order chi connectivity index (χ0) is 25.2. The quantitative estimate of drug-likeness (QED) is 0.294. The molecule has 0 unspecified atom stereocenters. The van der Waals surface area contributed by atoms with Gasteiger partial charge >= 0.3 is 5.97 Å². The molecule has 2 aliphatic rings. The number of hydrogen-bond donors (Lipinski definition) is 2. The van der Waals surface area contributed by atoms with Crippen LogP contribution in [0.4, 0.5) is 4.39 Å². The molecule has 0 atom stereocenters. The molecular weight excluding hydrogens is 507 g/mol. The average molecular weight is 529 g/mol. The maximum atomic E-state index is 14.4. The van der Waals surface area contributed by atoms with Gasteiger partial charge in [-0.3, -0.25) is 0 Å². The van der Waals surface area contributed by atoms with E-state index >= 15 is 0 Å². The van der Waals surface area contributed by atoms with Crippen LogP contribution >= 0.6 is 22.9 Å². The zero-order valence-corrected chi connectivity index (χ0v) is 20.8. The number of rotatable bonds is 7. The lowest BCUT2D eigenvalue weighted by molar-refractivity contribution is -0.149. The highest BCUT2D eigenvalue weighted by Crippen LogP contribution is 2.48. The van der Waals surface area contributed by atoms with Gasteiger partial charge in [-0.1, -0.05) is 28.9 Å². The van der Waals surface area contributed by atoms with Gasteiger partial charge in [-0.15, -0.1) is 11.3 Å². The molecule has 0 aliphatic heterocycles. The number of thiazole rings is 1. The molecule has 2 heterocycles. The highest BCUT2D eigenvalue weighted by molar-refractivity contribution is 7.18. The van der Waals surface area contributed by atoms with Crippen LogP contribution in [0.5, 0.6) is 0 Å². The van der Waals surface area contributed by atoms with Crippen molar-refractivity contribution in [2.75, 3.05) is 0 Å². The number of halogens is 2. The maximum absolute atomic E-state index is 14.4. The van der Waals surface area contributed by atoms with Crippen molar-refractivity contribution in [3.8, 4) is 11.3 Å². The average Bonchev–Trinajstić information content (AvgIpc) is 3.41. The monoisotopic (exact) mass is 528 g/mol. The lowest BCUT2D eigenvalue weighted by Crippen LogP contribution is -2.45. The number of carbonyl (C=O) groups is 1. The highest BCUT2D eigenvalue weighted by Gasteiger charge is 2.47. The fraction of sp³-hybridized carbons (Fsp3) is 0.346. The van der Waals surface area contributed by atoms with Gasteiger partial charge in [0.1, 0.15) is 27.6 Å². The summed E-state index contributed by atoms with van der Waals surface area (Å²) in [6, 6.07) is 8.02. The molecule has 2 aromatic carbocycles. The van der Waals surface area contributed by atoms with Crippen LogP contribution < -0.4 is 0 Å². The van der Waals surface area contributed by atoms with Gasteiger partial charge in [-0.05, 0) is 43.5 Å². The van der Waals surface area contributed by atoms with E-state index in [1.165, 1.54) is 6.07 Å². The zero-order valence-electron chi connectivity index (χ0n) is 19.3. The molecule has 7 nitrogen and oxygen atoms in total. The molecule has 0 saturated heterocycles. The summed E-state index contributed by atoms with van der Waals surface area (Å²) in [7, 11) is 0. The minimum absolute atomic E-state index is 0.0658. The van der Waals surface area contributed by atoms with Crippen LogP contribution in [0.15, 0.2) is 34.9 Å². The molecule has 2 aromatic heterocycles. The third-order valence-corrected chi connectivity index (χ3v) is 8.42. The fourth-order valence-electron chi connectivity index (χ4n) is 4.75. The van der Waals surface area contributed by atoms with E-state index in [4.69, 9.17) is 20.9 Å². The van der Waals surface area contributed by atoms with E-state index in [1.807, 2.05) is 25.1 Å². The molecule has 0 bridgehead atoms. The molecule has 4 aromatic rings. The molecule has 186 valence electrons. The normalized spacial score (nSPS) is 21.6. The molecule has 2 saturated carbocycles. The second-order valence-electron chi connectivity index (χ2n) is 9.58. The van der Waals surface area contributed by atoms with Crippen LogP contribution in [0.25, 0.3) is 21.5 Å². The predicted molar refractivity (Wildman–Crippen MR) is 132 cm³/mol. The Morgan fingerprint density at radius 2 is 2.11 bits per heavy atom. The Balaban J connectivity index is 1.20. The largest absolute Gasteiger partial charge is 0.478 e. The van der Waals surface area contributed by atoms with Crippen LogP contribution in [0.2, 0.25) is 5.02 Å². The Morgan fingerprint density at radius 1 is 1.33 bits per heavy atom. The van der Waals surface area contributed by atoms with Crippen molar-refractivity contribution in [1.82, 2.24) is 10.1 Å². The van der Waals surface area contributed by atoms with Crippen molar-refractivity contribution in [2.45, 2.75) is 56.8 Å². The summed E-state index contributed by atoms with van der Waals surface area (Å²) in [4.78, 5) is 15.5. The van der Waals surface area contributed by atoms with Crippen molar-refractivity contribution in [3.63, 3.8) is 0 Å². The van der Waals surface area contributed by atoms with Gasteiger partial charge < -0.3 is 19.5 Å². The number of ether oxygens (including phenoxy) is 1.